The molecular weight excluding hydrogens is 178 g/mol. The van der Waals surface area contributed by atoms with Gasteiger partial charge in [0, 0.05) is 11.6 Å². The number of nitrogens with zero attached hydrogens (tertiary/aromatic N) is 1. The maximum absolute atomic E-state index is 8.62. The summed E-state index contributed by atoms with van der Waals surface area (Å²) in [5.41, 5.74) is 14.5. The van der Waals surface area contributed by atoms with Crippen molar-refractivity contribution in [3.05, 3.63) is 34.9 Å². The molecule has 0 bridgehead atoms. The molecule has 0 radical (unpaired) electrons. The molecule has 0 aliphatic heterocycles. The summed E-state index contributed by atoms with van der Waals surface area (Å²) >= 11 is 0. The van der Waals surface area contributed by atoms with Gasteiger partial charge >= 0.3 is 0 Å². The number of amidine groups is 1. The van der Waals surface area contributed by atoms with Crippen molar-refractivity contribution in [3.63, 3.8) is 0 Å². The Labute approximate surface area is 82.2 Å². The van der Waals surface area contributed by atoms with Crippen LogP contribution in [0.3, 0.4) is 0 Å². The summed E-state index contributed by atoms with van der Waals surface area (Å²) in [7, 11) is 0. The Kier molecular flexibility index (Phi) is 2.13. The smallest absolute Gasteiger partial charge is 0.170 e. The van der Waals surface area contributed by atoms with Gasteiger partial charge in [-0.15, -0.1) is 0 Å². The van der Waals surface area contributed by atoms with Gasteiger partial charge in [-0.25, -0.2) is 0 Å². The Bertz CT molecular complexity index is 387. The van der Waals surface area contributed by atoms with Crippen molar-refractivity contribution >= 4 is 5.84 Å². The van der Waals surface area contributed by atoms with Crippen molar-refractivity contribution in [2.45, 2.75) is 18.9 Å². The lowest BCUT2D eigenvalue weighted by atomic mass is 10.0. The third kappa shape index (κ3) is 1.24. The van der Waals surface area contributed by atoms with Crippen LogP contribution in [-0.4, -0.2) is 11.0 Å². The van der Waals surface area contributed by atoms with Crippen LogP contribution < -0.4 is 11.5 Å². The van der Waals surface area contributed by atoms with Crippen molar-refractivity contribution in [1.82, 2.24) is 0 Å². The normalized spacial score (nSPS) is 20.9. The second-order valence-electron chi connectivity index (χ2n) is 3.50. The number of oxime groups is 1. The molecule has 0 aromatic heterocycles. The molecule has 4 heteroatoms. The second kappa shape index (κ2) is 3.31. The average Bonchev–Trinajstić information content (AvgIpc) is 2.59. The van der Waals surface area contributed by atoms with E-state index in [2.05, 4.69) is 5.16 Å². The highest BCUT2D eigenvalue weighted by atomic mass is 16.4. The number of benzene rings is 1. The van der Waals surface area contributed by atoms with Crippen molar-refractivity contribution in [2.24, 2.45) is 16.6 Å². The zero-order chi connectivity index (χ0) is 10.1. The van der Waals surface area contributed by atoms with E-state index in [1.54, 1.807) is 0 Å². The molecule has 1 aromatic carbocycles. The zero-order valence-corrected chi connectivity index (χ0v) is 7.77. The quantitative estimate of drug-likeness (QED) is 0.265. The Hall–Kier alpha value is -1.55. The molecule has 2 rings (SSSR count). The highest BCUT2D eigenvalue weighted by Crippen LogP contribution is 2.31. The molecule has 0 saturated carbocycles. The molecule has 5 N–H and O–H groups in total. The molecule has 0 fully saturated rings. The Morgan fingerprint density at radius 2 is 2.29 bits per heavy atom. The van der Waals surface area contributed by atoms with E-state index in [0.717, 1.165) is 29.5 Å². The van der Waals surface area contributed by atoms with Gasteiger partial charge < -0.3 is 16.7 Å². The summed E-state index contributed by atoms with van der Waals surface area (Å²) in [5.74, 6) is 0.163. The lowest BCUT2D eigenvalue weighted by Crippen LogP contribution is -2.15. The predicted octanol–water partition coefficient (Wildman–Crippen LogP) is 0.727. The predicted molar refractivity (Wildman–Crippen MR) is 54.2 cm³/mol. The van der Waals surface area contributed by atoms with Crippen LogP contribution in [-0.2, 0) is 6.42 Å². The zero-order valence-electron chi connectivity index (χ0n) is 7.77. The van der Waals surface area contributed by atoms with Crippen LogP contribution in [0.4, 0.5) is 0 Å². The third-order valence-electron chi connectivity index (χ3n) is 2.70. The van der Waals surface area contributed by atoms with E-state index in [1.807, 2.05) is 18.2 Å². The van der Waals surface area contributed by atoms with E-state index in [-0.39, 0.29) is 11.9 Å². The highest BCUT2D eigenvalue weighted by Gasteiger charge is 2.22. The molecule has 0 amide bonds. The fraction of sp³-hybridized carbons (Fsp3) is 0.300. The Morgan fingerprint density at radius 3 is 3.00 bits per heavy atom. The maximum atomic E-state index is 8.62. The minimum absolute atomic E-state index is 0.0939. The van der Waals surface area contributed by atoms with Crippen molar-refractivity contribution < 1.29 is 5.21 Å². The minimum Gasteiger partial charge on any atom is -0.409 e. The van der Waals surface area contributed by atoms with E-state index < -0.39 is 0 Å². The largest absolute Gasteiger partial charge is 0.409 e. The van der Waals surface area contributed by atoms with E-state index >= 15 is 0 Å². The fourth-order valence-corrected chi connectivity index (χ4v) is 1.98. The molecule has 1 aliphatic rings. The van der Waals surface area contributed by atoms with Crippen molar-refractivity contribution in [1.29, 1.82) is 0 Å². The first-order chi connectivity index (χ1) is 6.74. The van der Waals surface area contributed by atoms with Gasteiger partial charge in [0.15, 0.2) is 5.84 Å². The lowest BCUT2D eigenvalue weighted by Gasteiger charge is -2.07. The molecule has 0 spiro atoms. The minimum atomic E-state index is 0.0939. The fourth-order valence-electron chi connectivity index (χ4n) is 1.98. The Balaban J connectivity index is 2.54. The van der Waals surface area contributed by atoms with Crippen LogP contribution in [0, 0.1) is 0 Å². The van der Waals surface area contributed by atoms with E-state index in [9.17, 15) is 0 Å². The molecule has 0 heterocycles. The topological polar surface area (TPSA) is 84.6 Å². The second-order valence-corrected chi connectivity index (χ2v) is 3.50. The summed E-state index contributed by atoms with van der Waals surface area (Å²) in [6.07, 6.45) is 1.84. The summed E-state index contributed by atoms with van der Waals surface area (Å²) in [5, 5.41) is 11.6. The molecule has 0 saturated heterocycles. The van der Waals surface area contributed by atoms with Crippen LogP contribution in [0.2, 0.25) is 0 Å². The SMILES string of the molecule is N/C(=N/O)c1cccc2c1CC[C@@H]2N. The summed E-state index contributed by atoms with van der Waals surface area (Å²) < 4.78 is 0. The van der Waals surface area contributed by atoms with Crippen LogP contribution in [0.25, 0.3) is 0 Å². The lowest BCUT2D eigenvalue weighted by molar-refractivity contribution is 0.318. The monoisotopic (exact) mass is 191 g/mol. The third-order valence-corrected chi connectivity index (χ3v) is 2.70. The van der Waals surface area contributed by atoms with Crippen LogP contribution in [0.15, 0.2) is 23.4 Å². The van der Waals surface area contributed by atoms with Gasteiger partial charge in [-0.2, -0.15) is 0 Å². The van der Waals surface area contributed by atoms with Gasteiger partial charge in [0.1, 0.15) is 0 Å². The van der Waals surface area contributed by atoms with Gasteiger partial charge in [0.25, 0.3) is 0 Å². The first-order valence-corrected chi connectivity index (χ1v) is 4.59. The van der Waals surface area contributed by atoms with Gasteiger partial charge in [-0.05, 0) is 24.0 Å². The van der Waals surface area contributed by atoms with E-state index in [4.69, 9.17) is 16.7 Å². The highest BCUT2D eigenvalue weighted by molar-refractivity contribution is 5.98. The van der Waals surface area contributed by atoms with Gasteiger partial charge in [0.2, 0.25) is 0 Å². The molecule has 1 aromatic rings. The van der Waals surface area contributed by atoms with Crippen molar-refractivity contribution in [3.8, 4) is 0 Å². The molecule has 1 atom stereocenters. The maximum Gasteiger partial charge on any atom is 0.170 e. The first kappa shape index (κ1) is 9.02. The van der Waals surface area contributed by atoms with Crippen LogP contribution in [0.5, 0.6) is 0 Å². The van der Waals surface area contributed by atoms with Crippen LogP contribution in [0.1, 0.15) is 29.2 Å². The summed E-state index contributed by atoms with van der Waals surface area (Å²) in [6.45, 7) is 0. The first-order valence-electron chi connectivity index (χ1n) is 4.59. The molecule has 1 aliphatic carbocycles. The van der Waals surface area contributed by atoms with Crippen LogP contribution >= 0.6 is 0 Å². The number of rotatable bonds is 1. The average molecular weight is 191 g/mol. The van der Waals surface area contributed by atoms with E-state index in [1.165, 1.54) is 0 Å². The summed E-state index contributed by atoms with van der Waals surface area (Å²) in [6, 6.07) is 5.83. The number of hydrogen-bond donors (Lipinski definition) is 3. The standard InChI is InChI=1S/C10H13N3O/c11-9-5-4-6-7(9)2-1-3-8(6)10(12)13-14/h1-3,9,14H,4-5,11H2,(H2,12,13)/t9-/m0/s1. The number of hydrogen-bond acceptors (Lipinski definition) is 3. The van der Waals surface area contributed by atoms with Crippen molar-refractivity contribution in [2.75, 3.05) is 0 Å². The van der Waals surface area contributed by atoms with Gasteiger partial charge in [-0.3, -0.25) is 0 Å². The number of nitrogens with two attached hydrogens (primary N) is 2. The number of fused-ring (bicyclic) bond motifs is 1. The molecular formula is C10H13N3O. The molecule has 14 heavy (non-hydrogen) atoms. The molecule has 0 unspecified atom stereocenters. The van der Waals surface area contributed by atoms with E-state index in [0.29, 0.717) is 0 Å². The molecule has 4 nitrogen and oxygen atoms in total. The summed E-state index contributed by atoms with van der Waals surface area (Å²) in [4.78, 5) is 0. The Morgan fingerprint density at radius 1 is 1.50 bits per heavy atom. The molecule has 74 valence electrons. The van der Waals surface area contributed by atoms with Gasteiger partial charge in [0.05, 0.1) is 0 Å². The van der Waals surface area contributed by atoms with Gasteiger partial charge in [-0.1, -0.05) is 23.4 Å².